The first-order valence-corrected chi connectivity index (χ1v) is 9.56. The van der Waals surface area contributed by atoms with E-state index in [1.54, 1.807) is 6.07 Å². The van der Waals surface area contributed by atoms with Gasteiger partial charge in [0, 0.05) is 11.4 Å². The molecule has 3 nitrogen and oxygen atoms in total. The van der Waals surface area contributed by atoms with Crippen LogP contribution in [0.3, 0.4) is 0 Å². The van der Waals surface area contributed by atoms with Crippen LogP contribution in [0.5, 0.6) is 0 Å². The van der Waals surface area contributed by atoms with Crippen LogP contribution in [-0.2, 0) is 0 Å². The van der Waals surface area contributed by atoms with E-state index in [0.29, 0.717) is 5.56 Å². The van der Waals surface area contributed by atoms with Gasteiger partial charge in [0.15, 0.2) is 0 Å². The van der Waals surface area contributed by atoms with E-state index in [1.165, 1.54) is 0 Å². The van der Waals surface area contributed by atoms with Gasteiger partial charge >= 0.3 is 0 Å². The van der Waals surface area contributed by atoms with Gasteiger partial charge in [-0.25, -0.2) is 0 Å². The van der Waals surface area contributed by atoms with Gasteiger partial charge in [0.1, 0.15) is 0 Å². The highest BCUT2D eigenvalue weighted by atomic mass is 79.9. The molecule has 26 heavy (non-hydrogen) atoms. The summed E-state index contributed by atoms with van der Waals surface area (Å²) < 4.78 is 0.804. The molecule has 0 radical (unpaired) electrons. The Bertz CT molecular complexity index is 936. The maximum Gasteiger partial charge on any atom is 0.257 e. The van der Waals surface area contributed by atoms with Crippen molar-refractivity contribution in [2.75, 3.05) is 10.6 Å². The molecule has 0 atom stereocenters. The number of halogens is 2. The second-order valence-electron chi connectivity index (χ2n) is 5.51. The highest BCUT2D eigenvalue weighted by Gasteiger charge is 2.12. The molecule has 0 aliphatic carbocycles. The van der Waals surface area contributed by atoms with Crippen LogP contribution in [0.2, 0.25) is 0 Å². The maximum absolute atomic E-state index is 12.9. The smallest absolute Gasteiger partial charge is 0.257 e. The lowest BCUT2D eigenvalue weighted by atomic mass is 10.1. The summed E-state index contributed by atoms with van der Waals surface area (Å²) in [7, 11) is 0. The monoisotopic (exact) mass is 470 g/mol. The molecule has 0 saturated heterocycles. The molecule has 0 heterocycles. The van der Waals surface area contributed by atoms with E-state index < -0.39 is 0 Å². The summed E-state index contributed by atoms with van der Waals surface area (Å²) in [6, 6.07) is 24.9. The fraction of sp³-hybridized carbons (Fsp3) is 0. The minimum absolute atomic E-state index is 0.171. The standard InChI is InChI=1S/C21H16Br2N2O/c22-20(23)14-15-8-4-6-12-18(15)25-21(26)17-11-5-7-13-19(17)24-16-9-2-1-3-10-16/h1-14,24H,(H,25,26). The SMILES string of the molecule is O=C(Nc1ccccc1C=C(Br)Br)c1ccccc1Nc1ccccc1. The fourth-order valence-electron chi connectivity index (χ4n) is 2.51. The van der Waals surface area contributed by atoms with Crippen molar-refractivity contribution in [3.8, 4) is 0 Å². The van der Waals surface area contributed by atoms with Crippen LogP contribution in [0.15, 0.2) is 82.3 Å². The molecule has 2 N–H and O–H groups in total. The number of para-hydroxylation sites is 3. The lowest BCUT2D eigenvalue weighted by molar-refractivity contribution is 0.102. The minimum Gasteiger partial charge on any atom is -0.355 e. The number of benzene rings is 3. The van der Waals surface area contributed by atoms with Gasteiger partial charge in [-0.1, -0.05) is 48.5 Å². The molecule has 0 unspecified atom stereocenters. The van der Waals surface area contributed by atoms with E-state index >= 15 is 0 Å². The second kappa shape index (κ2) is 8.83. The van der Waals surface area contributed by atoms with Gasteiger partial charge in [0.2, 0.25) is 0 Å². The van der Waals surface area contributed by atoms with Gasteiger partial charge in [-0.2, -0.15) is 0 Å². The molecule has 0 fully saturated rings. The van der Waals surface area contributed by atoms with Gasteiger partial charge in [0.05, 0.1) is 14.6 Å². The molecule has 3 aromatic carbocycles. The normalized spacial score (nSPS) is 10.1. The molecular weight excluding hydrogens is 456 g/mol. The molecule has 1 amide bonds. The number of hydrogen-bond donors (Lipinski definition) is 2. The molecule has 0 aliphatic rings. The van der Waals surface area contributed by atoms with E-state index in [2.05, 4.69) is 42.5 Å². The Kier molecular flexibility index (Phi) is 6.26. The third-order valence-electron chi connectivity index (χ3n) is 3.70. The van der Waals surface area contributed by atoms with E-state index in [4.69, 9.17) is 0 Å². The van der Waals surface area contributed by atoms with Crippen molar-refractivity contribution in [2.24, 2.45) is 0 Å². The Morgan fingerprint density at radius 3 is 2.12 bits per heavy atom. The van der Waals surface area contributed by atoms with Gasteiger partial charge < -0.3 is 10.6 Å². The zero-order valence-corrected chi connectivity index (χ0v) is 16.9. The van der Waals surface area contributed by atoms with Crippen LogP contribution in [-0.4, -0.2) is 5.91 Å². The molecule has 0 bridgehead atoms. The predicted octanol–water partition coefficient (Wildman–Crippen LogP) is 6.77. The lowest BCUT2D eigenvalue weighted by Gasteiger charge is -2.13. The first kappa shape index (κ1) is 18.4. The number of amides is 1. The number of carbonyl (C=O) groups is 1. The van der Waals surface area contributed by atoms with Crippen molar-refractivity contribution in [1.29, 1.82) is 0 Å². The average molecular weight is 472 g/mol. The van der Waals surface area contributed by atoms with Crippen molar-refractivity contribution in [2.45, 2.75) is 0 Å². The Labute approximate surface area is 169 Å². The van der Waals surface area contributed by atoms with E-state index in [-0.39, 0.29) is 5.91 Å². The minimum atomic E-state index is -0.171. The van der Waals surface area contributed by atoms with Crippen molar-refractivity contribution < 1.29 is 4.79 Å². The summed E-state index contributed by atoms with van der Waals surface area (Å²) in [5, 5.41) is 6.29. The van der Waals surface area contributed by atoms with Gasteiger partial charge in [-0.3, -0.25) is 4.79 Å². The molecule has 0 saturated carbocycles. The van der Waals surface area contributed by atoms with Gasteiger partial charge in [-0.05, 0) is 73.8 Å². The summed E-state index contributed by atoms with van der Waals surface area (Å²) in [6.45, 7) is 0. The summed E-state index contributed by atoms with van der Waals surface area (Å²) in [6.07, 6.45) is 1.89. The molecule has 5 heteroatoms. The predicted molar refractivity (Wildman–Crippen MR) is 116 cm³/mol. The van der Waals surface area contributed by atoms with E-state index in [0.717, 1.165) is 26.0 Å². The molecular formula is C21H16Br2N2O. The highest BCUT2D eigenvalue weighted by Crippen LogP contribution is 2.26. The summed E-state index contributed by atoms with van der Waals surface area (Å²) in [4.78, 5) is 12.9. The van der Waals surface area contributed by atoms with Crippen LogP contribution in [0.4, 0.5) is 17.1 Å². The first-order valence-electron chi connectivity index (χ1n) is 7.97. The van der Waals surface area contributed by atoms with Crippen LogP contribution in [0.1, 0.15) is 15.9 Å². The second-order valence-corrected chi connectivity index (χ2v) is 8.28. The Morgan fingerprint density at radius 2 is 1.38 bits per heavy atom. The highest BCUT2D eigenvalue weighted by molar-refractivity contribution is 9.28. The van der Waals surface area contributed by atoms with Crippen LogP contribution in [0.25, 0.3) is 6.08 Å². The fourth-order valence-corrected chi connectivity index (χ4v) is 3.00. The van der Waals surface area contributed by atoms with Crippen LogP contribution < -0.4 is 10.6 Å². The van der Waals surface area contributed by atoms with Gasteiger partial charge in [0.25, 0.3) is 5.91 Å². The number of rotatable bonds is 5. The molecule has 0 spiro atoms. The quantitative estimate of drug-likeness (QED) is 0.431. The van der Waals surface area contributed by atoms with E-state index in [9.17, 15) is 4.79 Å². The van der Waals surface area contributed by atoms with Crippen molar-refractivity contribution in [3.63, 3.8) is 0 Å². The maximum atomic E-state index is 12.9. The summed E-state index contributed by atoms with van der Waals surface area (Å²) in [5.41, 5.74) is 3.90. The molecule has 0 aliphatic heterocycles. The number of anilines is 3. The Hall–Kier alpha value is -2.37. The van der Waals surface area contributed by atoms with Crippen molar-refractivity contribution in [1.82, 2.24) is 0 Å². The lowest BCUT2D eigenvalue weighted by Crippen LogP contribution is -2.14. The van der Waals surface area contributed by atoms with Crippen molar-refractivity contribution in [3.05, 3.63) is 93.4 Å². The topological polar surface area (TPSA) is 41.1 Å². The number of carbonyl (C=O) groups excluding carboxylic acids is 1. The molecule has 130 valence electrons. The van der Waals surface area contributed by atoms with E-state index in [1.807, 2.05) is 78.9 Å². The molecule has 0 aromatic heterocycles. The average Bonchev–Trinajstić information content (AvgIpc) is 2.64. The molecule has 3 rings (SSSR count). The third kappa shape index (κ3) is 4.84. The largest absolute Gasteiger partial charge is 0.355 e. The number of nitrogens with one attached hydrogen (secondary N) is 2. The van der Waals surface area contributed by atoms with Crippen molar-refractivity contribution >= 4 is 60.9 Å². The van der Waals surface area contributed by atoms with Crippen LogP contribution in [0, 0.1) is 0 Å². The van der Waals surface area contributed by atoms with Gasteiger partial charge in [-0.15, -0.1) is 0 Å². The zero-order chi connectivity index (χ0) is 18.4. The summed E-state index contributed by atoms with van der Waals surface area (Å²) >= 11 is 6.72. The zero-order valence-electron chi connectivity index (χ0n) is 13.7. The Morgan fingerprint density at radius 1 is 0.769 bits per heavy atom. The molecule has 3 aromatic rings. The Balaban J connectivity index is 1.87. The number of hydrogen-bond acceptors (Lipinski definition) is 2. The third-order valence-corrected chi connectivity index (χ3v) is 4.16. The summed E-state index contributed by atoms with van der Waals surface area (Å²) in [5.74, 6) is -0.171. The van der Waals surface area contributed by atoms with Crippen LogP contribution >= 0.6 is 31.9 Å². The first-order chi connectivity index (χ1) is 12.6.